The lowest BCUT2D eigenvalue weighted by atomic mass is 9.91. The van der Waals surface area contributed by atoms with E-state index in [4.69, 9.17) is 0 Å². The van der Waals surface area contributed by atoms with Gasteiger partial charge in [0.1, 0.15) is 0 Å². The summed E-state index contributed by atoms with van der Waals surface area (Å²) in [5.74, 6) is 0.732. The first-order valence-electron chi connectivity index (χ1n) is 5.68. The molecule has 0 aromatic heterocycles. The fourth-order valence-corrected chi connectivity index (χ4v) is 3.00. The molecular weight excluding hydrogens is 160 g/mol. The van der Waals surface area contributed by atoms with Gasteiger partial charge in [0.2, 0.25) is 0 Å². The summed E-state index contributed by atoms with van der Waals surface area (Å²) < 4.78 is 0. The molecule has 0 aromatic rings. The van der Waals surface area contributed by atoms with E-state index in [1.165, 1.54) is 25.7 Å². The van der Waals surface area contributed by atoms with Crippen molar-refractivity contribution in [2.24, 2.45) is 5.92 Å². The molecule has 2 heteroatoms. The van der Waals surface area contributed by atoms with Gasteiger partial charge in [-0.3, -0.25) is 10.2 Å². The van der Waals surface area contributed by atoms with Crippen molar-refractivity contribution < 1.29 is 0 Å². The molecule has 2 rings (SSSR count). The quantitative estimate of drug-likeness (QED) is 0.665. The molecule has 2 fully saturated rings. The van der Waals surface area contributed by atoms with Gasteiger partial charge < -0.3 is 0 Å². The highest BCUT2D eigenvalue weighted by atomic mass is 15.4. The van der Waals surface area contributed by atoms with Crippen LogP contribution in [0, 0.1) is 5.92 Å². The second-order valence-electron chi connectivity index (χ2n) is 4.98. The molecule has 2 aliphatic rings. The molecule has 0 amide bonds. The van der Waals surface area contributed by atoms with Crippen LogP contribution in [-0.4, -0.2) is 30.2 Å². The average molecular weight is 182 g/mol. The monoisotopic (exact) mass is 182 g/mol. The average Bonchev–Trinajstić information content (AvgIpc) is 2.45. The highest BCUT2D eigenvalue weighted by molar-refractivity contribution is 4.97. The van der Waals surface area contributed by atoms with E-state index in [0.717, 1.165) is 18.0 Å². The largest absolute Gasteiger partial charge is 0.297 e. The Labute approximate surface area is 81.7 Å². The van der Waals surface area contributed by atoms with Crippen LogP contribution in [0.15, 0.2) is 0 Å². The topological polar surface area (TPSA) is 15.3 Å². The van der Waals surface area contributed by atoms with Crippen molar-refractivity contribution in [1.82, 2.24) is 10.2 Å². The first-order chi connectivity index (χ1) is 6.20. The number of rotatable bonds is 1. The lowest BCUT2D eigenvalue weighted by Gasteiger charge is -2.30. The zero-order chi connectivity index (χ0) is 9.42. The first-order valence-corrected chi connectivity index (χ1v) is 5.68. The maximum absolute atomic E-state index is 3.77. The van der Waals surface area contributed by atoms with Crippen molar-refractivity contribution in [3.05, 3.63) is 0 Å². The molecule has 3 atom stereocenters. The number of likely N-dealkylation sites (N-methyl/N-ethyl adjacent to an activating group) is 1. The highest BCUT2D eigenvalue weighted by Gasteiger charge is 2.40. The molecule has 1 N–H and O–H groups in total. The third kappa shape index (κ3) is 1.62. The van der Waals surface area contributed by atoms with Crippen molar-refractivity contribution in [1.29, 1.82) is 0 Å². The lowest BCUT2D eigenvalue weighted by molar-refractivity contribution is 0.173. The van der Waals surface area contributed by atoms with Gasteiger partial charge in [0, 0.05) is 12.1 Å². The molecule has 76 valence electrons. The van der Waals surface area contributed by atoms with Crippen LogP contribution in [0.1, 0.15) is 39.5 Å². The van der Waals surface area contributed by atoms with Gasteiger partial charge in [0.25, 0.3) is 0 Å². The predicted octanol–water partition coefficient (Wildman–Crippen LogP) is 1.81. The molecule has 2 nitrogen and oxygen atoms in total. The molecular formula is C11H22N2. The van der Waals surface area contributed by atoms with E-state index in [2.05, 4.69) is 31.1 Å². The maximum atomic E-state index is 3.77. The summed E-state index contributed by atoms with van der Waals surface area (Å²) in [6.07, 6.45) is 6.26. The minimum Gasteiger partial charge on any atom is -0.297 e. The van der Waals surface area contributed by atoms with Crippen molar-refractivity contribution >= 4 is 0 Å². The van der Waals surface area contributed by atoms with Crippen LogP contribution in [0.5, 0.6) is 0 Å². The lowest BCUT2D eigenvalue weighted by Crippen LogP contribution is -2.39. The minimum absolute atomic E-state index is 0.619. The Morgan fingerprint density at radius 1 is 1.23 bits per heavy atom. The summed E-state index contributed by atoms with van der Waals surface area (Å²) in [6.45, 7) is 4.62. The molecule has 0 spiro atoms. The number of fused-ring (bicyclic) bond motifs is 1. The Hall–Kier alpha value is -0.0800. The van der Waals surface area contributed by atoms with E-state index in [-0.39, 0.29) is 0 Å². The Kier molecular flexibility index (Phi) is 2.61. The predicted molar refractivity (Wildman–Crippen MR) is 55.6 cm³/mol. The highest BCUT2D eigenvalue weighted by Crippen LogP contribution is 2.30. The summed E-state index contributed by atoms with van der Waals surface area (Å²) in [6, 6.07) is 1.60. The van der Waals surface area contributed by atoms with Crippen LogP contribution in [0.25, 0.3) is 0 Å². The van der Waals surface area contributed by atoms with Crippen LogP contribution in [0.3, 0.4) is 0 Å². The molecule has 1 aliphatic heterocycles. The third-order valence-corrected chi connectivity index (χ3v) is 3.71. The van der Waals surface area contributed by atoms with E-state index < -0.39 is 0 Å². The van der Waals surface area contributed by atoms with Gasteiger partial charge >= 0.3 is 0 Å². The SMILES string of the molecule is CC(C)C1NC2CCCCC2N1C. The Morgan fingerprint density at radius 2 is 1.92 bits per heavy atom. The standard InChI is InChI=1S/C11H22N2/c1-8(2)11-12-9-6-4-5-7-10(9)13(11)3/h8-12H,4-7H2,1-3H3. The summed E-state index contributed by atoms with van der Waals surface area (Å²) in [5, 5.41) is 3.77. The number of nitrogens with zero attached hydrogens (tertiary/aromatic N) is 1. The molecule has 0 radical (unpaired) electrons. The van der Waals surface area contributed by atoms with Crippen LogP contribution < -0.4 is 5.32 Å². The summed E-state index contributed by atoms with van der Waals surface area (Å²) >= 11 is 0. The summed E-state index contributed by atoms with van der Waals surface area (Å²) in [7, 11) is 2.29. The molecule has 3 unspecified atom stereocenters. The van der Waals surface area contributed by atoms with Crippen molar-refractivity contribution in [2.75, 3.05) is 7.05 Å². The zero-order valence-electron chi connectivity index (χ0n) is 9.09. The van der Waals surface area contributed by atoms with Gasteiger partial charge in [-0.25, -0.2) is 0 Å². The fourth-order valence-electron chi connectivity index (χ4n) is 3.00. The third-order valence-electron chi connectivity index (χ3n) is 3.71. The van der Waals surface area contributed by atoms with Gasteiger partial charge in [-0.2, -0.15) is 0 Å². The van der Waals surface area contributed by atoms with E-state index in [1.807, 2.05) is 0 Å². The van der Waals surface area contributed by atoms with Crippen molar-refractivity contribution in [2.45, 2.75) is 57.8 Å². The Balaban J connectivity index is 2.05. The molecule has 1 saturated heterocycles. The normalized spacial score (nSPS) is 41.1. The van der Waals surface area contributed by atoms with Gasteiger partial charge in [-0.1, -0.05) is 26.7 Å². The summed E-state index contributed by atoms with van der Waals surface area (Å²) in [5.41, 5.74) is 0. The van der Waals surface area contributed by atoms with E-state index >= 15 is 0 Å². The van der Waals surface area contributed by atoms with Crippen LogP contribution in [-0.2, 0) is 0 Å². The molecule has 0 bridgehead atoms. The Morgan fingerprint density at radius 3 is 2.54 bits per heavy atom. The van der Waals surface area contributed by atoms with Gasteiger partial charge in [0.05, 0.1) is 6.17 Å². The van der Waals surface area contributed by atoms with Gasteiger partial charge in [-0.05, 0) is 25.8 Å². The molecule has 1 saturated carbocycles. The molecule has 13 heavy (non-hydrogen) atoms. The molecule has 0 aromatic carbocycles. The number of hydrogen-bond acceptors (Lipinski definition) is 2. The van der Waals surface area contributed by atoms with Gasteiger partial charge in [0.15, 0.2) is 0 Å². The second-order valence-corrected chi connectivity index (χ2v) is 4.98. The minimum atomic E-state index is 0.619. The van der Waals surface area contributed by atoms with Crippen LogP contribution in [0.4, 0.5) is 0 Å². The second kappa shape index (κ2) is 3.58. The van der Waals surface area contributed by atoms with E-state index in [0.29, 0.717) is 6.17 Å². The van der Waals surface area contributed by atoms with Crippen molar-refractivity contribution in [3.63, 3.8) is 0 Å². The number of nitrogens with one attached hydrogen (secondary N) is 1. The smallest absolute Gasteiger partial charge is 0.0623 e. The van der Waals surface area contributed by atoms with Crippen LogP contribution in [0.2, 0.25) is 0 Å². The summed E-state index contributed by atoms with van der Waals surface area (Å²) in [4.78, 5) is 2.56. The molecule has 1 aliphatic carbocycles. The Bertz CT molecular complexity index is 177. The van der Waals surface area contributed by atoms with E-state index in [9.17, 15) is 0 Å². The van der Waals surface area contributed by atoms with E-state index in [1.54, 1.807) is 0 Å². The van der Waals surface area contributed by atoms with Crippen molar-refractivity contribution in [3.8, 4) is 0 Å². The van der Waals surface area contributed by atoms with Gasteiger partial charge in [-0.15, -0.1) is 0 Å². The first kappa shape index (κ1) is 9.47. The fraction of sp³-hybridized carbons (Fsp3) is 1.00. The number of hydrogen-bond donors (Lipinski definition) is 1. The zero-order valence-corrected chi connectivity index (χ0v) is 9.09. The molecule has 1 heterocycles. The van der Waals surface area contributed by atoms with Crippen LogP contribution >= 0.6 is 0 Å². The maximum Gasteiger partial charge on any atom is 0.0623 e.